The number of guanidine groups is 1. The van der Waals surface area contributed by atoms with Gasteiger partial charge < -0.3 is 15.0 Å². The molecule has 6 nitrogen and oxygen atoms in total. The highest BCUT2D eigenvalue weighted by Gasteiger charge is 2.38. The summed E-state index contributed by atoms with van der Waals surface area (Å²) in [5, 5.41) is 3.40. The highest BCUT2D eigenvalue weighted by molar-refractivity contribution is 14.0. The van der Waals surface area contributed by atoms with Crippen molar-refractivity contribution in [1.82, 2.24) is 10.2 Å². The van der Waals surface area contributed by atoms with E-state index in [4.69, 9.17) is 9.73 Å². The standard InChI is InChI=1S/C16H29N3O3S2.HI/c1-2-17-15(18-11-14-3-10-24(20,21)12-14)19-6-9-23-16(13-19)4-7-22-8-5-16;/h14H,2-13H2,1H3,(H,17,18);1H. The molecule has 3 heterocycles. The Kier molecular flexibility index (Phi) is 8.15. The van der Waals surface area contributed by atoms with E-state index in [2.05, 4.69) is 28.9 Å². The number of halogens is 1. The maximum atomic E-state index is 11.6. The van der Waals surface area contributed by atoms with E-state index in [1.807, 2.05) is 0 Å². The highest BCUT2D eigenvalue weighted by Crippen LogP contribution is 2.39. The van der Waals surface area contributed by atoms with Crippen LogP contribution < -0.4 is 5.32 Å². The minimum absolute atomic E-state index is 0. The van der Waals surface area contributed by atoms with Crippen LogP contribution in [0.1, 0.15) is 26.2 Å². The zero-order valence-corrected chi connectivity index (χ0v) is 18.9. The summed E-state index contributed by atoms with van der Waals surface area (Å²) < 4.78 is 29.1. The molecule has 0 aliphatic carbocycles. The highest BCUT2D eigenvalue weighted by atomic mass is 127. The van der Waals surface area contributed by atoms with E-state index < -0.39 is 9.84 Å². The number of rotatable bonds is 3. The Hall–Kier alpha value is 0.260. The van der Waals surface area contributed by atoms with E-state index in [0.29, 0.717) is 22.8 Å². The van der Waals surface area contributed by atoms with E-state index in [-0.39, 0.29) is 29.9 Å². The van der Waals surface area contributed by atoms with Crippen LogP contribution in [0.2, 0.25) is 0 Å². The molecule has 146 valence electrons. The van der Waals surface area contributed by atoms with Crippen LogP contribution in [0.5, 0.6) is 0 Å². The van der Waals surface area contributed by atoms with Crippen LogP contribution in [0.25, 0.3) is 0 Å². The summed E-state index contributed by atoms with van der Waals surface area (Å²) in [5.74, 6) is 2.87. The minimum Gasteiger partial charge on any atom is -0.381 e. The van der Waals surface area contributed by atoms with Gasteiger partial charge in [-0.2, -0.15) is 11.8 Å². The lowest BCUT2D eigenvalue weighted by atomic mass is 9.98. The minimum atomic E-state index is -2.82. The Morgan fingerprint density at radius 3 is 2.80 bits per heavy atom. The molecular weight excluding hydrogens is 473 g/mol. The molecule has 3 fully saturated rings. The third-order valence-electron chi connectivity index (χ3n) is 5.11. The molecule has 0 amide bonds. The molecule has 0 bridgehead atoms. The molecule has 1 unspecified atom stereocenters. The summed E-state index contributed by atoms with van der Waals surface area (Å²) in [5.41, 5.74) is 0. The Morgan fingerprint density at radius 2 is 2.16 bits per heavy atom. The lowest BCUT2D eigenvalue weighted by molar-refractivity contribution is 0.0699. The summed E-state index contributed by atoms with van der Waals surface area (Å²) in [4.78, 5) is 7.16. The summed E-state index contributed by atoms with van der Waals surface area (Å²) in [6, 6.07) is 0. The van der Waals surface area contributed by atoms with Crippen molar-refractivity contribution >= 4 is 51.5 Å². The first-order valence-corrected chi connectivity index (χ1v) is 11.8. The van der Waals surface area contributed by atoms with E-state index in [9.17, 15) is 8.42 Å². The van der Waals surface area contributed by atoms with Gasteiger partial charge >= 0.3 is 0 Å². The van der Waals surface area contributed by atoms with Gasteiger partial charge in [0.25, 0.3) is 0 Å². The van der Waals surface area contributed by atoms with Crippen molar-refractivity contribution in [2.75, 3.05) is 56.7 Å². The summed E-state index contributed by atoms with van der Waals surface area (Å²) in [6.45, 7) is 7.25. The number of sulfone groups is 1. The molecule has 0 radical (unpaired) electrons. The largest absolute Gasteiger partial charge is 0.381 e. The molecule has 1 N–H and O–H groups in total. The van der Waals surface area contributed by atoms with Crippen molar-refractivity contribution in [2.24, 2.45) is 10.9 Å². The average Bonchev–Trinajstić information content (AvgIpc) is 2.91. The van der Waals surface area contributed by atoms with E-state index in [1.54, 1.807) is 0 Å². The van der Waals surface area contributed by atoms with Crippen molar-refractivity contribution in [3.63, 3.8) is 0 Å². The van der Waals surface area contributed by atoms with Crippen LogP contribution >= 0.6 is 35.7 Å². The number of nitrogens with zero attached hydrogens (tertiary/aromatic N) is 2. The predicted octanol–water partition coefficient (Wildman–Crippen LogP) is 1.60. The number of aliphatic imine (C=N–C) groups is 1. The Balaban J connectivity index is 0.00000225. The van der Waals surface area contributed by atoms with Crippen LogP contribution in [0, 0.1) is 5.92 Å². The first-order valence-electron chi connectivity index (χ1n) is 8.97. The smallest absolute Gasteiger partial charge is 0.193 e. The van der Waals surface area contributed by atoms with Gasteiger partial charge in [0.05, 0.1) is 11.5 Å². The molecule has 3 rings (SSSR count). The molecule has 0 aromatic heterocycles. The van der Waals surface area contributed by atoms with Gasteiger partial charge in [0.2, 0.25) is 0 Å². The number of thioether (sulfide) groups is 1. The maximum Gasteiger partial charge on any atom is 0.193 e. The molecular formula is C16H30IN3O3S2. The second-order valence-corrected chi connectivity index (χ2v) is 10.8. The predicted molar refractivity (Wildman–Crippen MR) is 115 cm³/mol. The fourth-order valence-electron chi connectivity index (χ4n) is 3.73. The molecule has 25 heavy (non-hydrogen) atoms. The van der Waals surface area contributed by atoms with Crippen LogP contribution in [0.3, 0.4) is 0 Å². The van der Waals surface area contributed by atoms with Crippen molar-refractivity contribution in [2.45, 2.75) is 30.9 Å². The molecule has 1 spiro atoms. The molecule has 3 saturated heterocycles. The summed E-state index contributed by atoms with van der Waals surface area (Å²) in [7, 11) is -2.82. The maximum absolute atomic E-state index is 11.6. The summed E-state index contributed by atoms with van der Waals surface area (Å²) in [6.07, 6.45) is 2.96. The van der Waals surface area contributed by atoms with Crippen LogP contribution in [-0.4, -0.2) is 80.7 Å². The Morgan fingerprint density at radius 1 is 1.40 bits per heavy atom. The van der Waals surface area contributed by atoms with Crippen molar-refractivity contribution in [3.05, 3.63) is 0 Å². The lowest BCUT2D eigenvalue weighted by Gasteiger charge is -2.45. The normalized spacial score (nSPS) is 28.6. The van der Waals surface area contributed by atoms with Crippen molar-refractivity contribution in [3.8, 4) is 0 Å². The van der Waals surface area contributed by atoms with Gasteiger partial charge in [0.15, 0.2) is 15.8 Å². The van der Waals surface area contributed by atoms with Crippen LogP contribution in [0.4, 0.5) is 0 Å². The topological polar surface area (TPSA) is 71.0 Å². The Labute approximate surface area is 172 Å². The third-order valence-corrected chi connectivity index (χ3v) is 8.49. The second-order valence-electron chi connectivity index (χ2n) is 7.03. The van der Waals surface area contributed by atoms with Crippen molar-refractivity contribution < 1.29 is 13.2 Å². The molecule has 0 saturated carbocycles. The number of hydrogen-bond donors (Lipinski definition) is 1. The van der Waals surface area contributed by atoms with Crippen molar-refractivity contribution in [1.29, 1.82) is 0 Å². The lowest BCUT2D eigenvalue weighted by Crippen LogP contribution is -2.54. The first kappa shape index (κ1) is 21.6. The molecule has 0 aromatic rings. The van der Waals surface area contributed by atoms with E-state index >= 15 is 0 Å². The molecule has 3 aliphatic rings. The van der Waals surface area contributed by atoms with Gasteiger partial charge in [-0.05, 0) is 32.1 Å². The quantitative estimate of drug-likeness (QED) is 0.359. The number of ether oxygens (including phenoxy) is 1. The number of nitrogens with one attached hydrogen (secondary N) is 1. The van der Waals surface area contributed by atoms with Gasteiger partial charge in [0, 0.05) is 49.9 Å². The molecule has 9 heteroatoms. The van der Waals surface area contributed by atoms with Gasteiger partial charge in [-0.25, -0.2) is 8.42 Å². The third kappa shape index (κ3) is 5.87. The molecule has 3 aliphatic heterocycles. The van der Waals surface area contributed by atoms with Crippen LogP contribution in [0.15, 0.2) is 4.99 Å². The molecule has 0 aromatic carbocycles. The summed E-state index contributed by atoms with van der Waals surface area (Å²) >= 11 is 2.09. The fourth-order valence-corrected chi connectivity index (χ4v) is 7.03. The van der Waals surface area contributed by atoms with E-state index in [1.165, 1.54) is 0 Å². The van der Waals surface area contributed by atoms with Gasteiger partial charge in [0.1, 0.15) is 0 Å². The SMILES string of the molecule is CCNC(=NCC1CCS(=O)(=O)C1)N1CCSC2(CCOCC2)C1.I. The first-order chi connectivity index (χ1) is 11.5. The number of hydrogen-bond acceptors (Lipinski definition) is 5. The van der Waals surface area contributed by atoms with Gasteiger partial charge in [-0.15, -0.1) is 24.0 Å². The Bertz CT molecular complexity index is 559. The average molecular weight is 503 g/mol. The van der Waals surface area contributed by atoms with Gasteiger partial charge in [-0.3, -0.25) is 4.99 Å². The monoisotopic (exact) mass is 503 g/mol. The molecule has 1 atom stereocenters. The van der Waals surface area contributed by atoms with Crippen LogP contribution in [-0.2, 0) is 14.6 Å². The van der Waals surface area contributed by atoms with Gasteiger partial charge in [-0.1, -0.05) is 0 Å². The zero-order chi connectivity index (χ0) is 17.0. The van der Waals surface area contributed by atoms with E-state index in [0.717, 1.165) is 63.8 Å². The second kappa shape index (κ2) is 9.45. The zero-order valence-electron chi connectivity index (χ0n) is 14.9. The fraction of sp³-hybridized carbons (Fsp3) is 0.938.